The summed E-state index contributed by atoms with van der Waals surface area (Å²) < 4.78 is 0. The molecule has 1 atom stereocenters. The first-order valence-electron chi connectivity index (χ1n) is 6.21. The Bertz CT molecular complexity index is 223. The first-order valence-corrected chi connectivity index (χ1v) is 6.21. The lowest BCUT2D eigenvalue weighted by atomic mass is 9.81. The molecule has 1 nitrogen and oxygen atoms in total. The van der Waals surface area contributed by atoms with E-state index < -0.39 is 0 Å². The summed E-state index contributed by atoms with van der Waals surface area (Å²) in [6, 6.07) is 0.721. The largest absolute Gasteiger partial charge is 0.310 e. The van der Waals surface area contributed by atoms with Crippen LogP contribution in [0, 0.1) is 5.92 Å². The second kappa shape index (κ2) is 4.48. The van der Waals surface area contributed by atoms with E-state index in [-0.39, 0.29) is 0 Å². The summed E-state index contributed by atoms with van der Waals surface area (Å²) in [5.41, 5.74) is 3.59. The second-order valence-corrected chi connectivity index (χ2v) is 5.22. The summed E-state index contributed by atoms with van der Waals surface area (Å²) in [4.78, 5) is 0. The molecule has 1 N–H and O–H groups in total. The molecule has 1 unspecified atom stereocenters. The van der Waals surface area contributed by atoms with Crippen molar-refractivity contribution in [2.24, 2.45) is 5.92 Å². The molecule has 0 aromatic carbocycles. The van der Waals surface area contributed by atoms with Crippen LogP contribution in [0.2, 0.25) is 0 Å². The predicted molar refractivity (Wildman–Crippen MR) is 61.4 cm³/mol. The summed E-state index contributed by atoms with van der Waals surface area (Å²) in [5, 5.41) is 3.69. The molecule has 14 heavy (non-hydrogen) atoms. The van der Waals surface area contributed by atoms with Gasteiger partial charge >= 0.3 is 0 Å². The lowest BCUT2D eigenvalue weighted by Gasteiger charge is -2.34. The van der Waals surface area contributed by atoms with Crippen LogP contribution >= 0.6 is 0 Å². The van der Waals surface area contributed by atoms with Gasteiger partial charge in [0.1, 0.15) is 0 Å². The molecule has 0 fully saturated rings. The van der Waals surface area contributed by atoms with Crippen LogP contribution in [0.4, 0.5) is 0 Å². The molecule has 0 aromatic rings. The molecular formula is C13H23N. The Kier molecular flexibility index (Phi) is 3.27. The minimum atomic E-state index is 0.721. The molecule has 1 aliphatic heterocycles. The maximum atomic E-state index is 3.69. The highest BCUT2D eigenvalue weighted by Gasteiger charge is 2.24. The topological polar surface area (TPSA) is 12.0 Å². The molecule has 0 aromatic heterocycles. The SMILES string of the molecule is CC(C)CC1NCCC2=C1CCCC2. The third-order valence-electron chi connectivity index (χ3n) is 3.57. The molecule has 1 aliphatic carbocycles. The monoisotopic (exact) mass is 193 g/mol. The molecule has 2 aliphatic rings. The van der Waals surface area contributed by atoms with E-state index in [4.69, 9.17) is 0 Å². The van der Waals surface area contributed by atoms with E-state index in [9.17, 15) is 0 Å². The van der Waals surface area contributed by atoms with Gasteiger partial charge in [0.2, 0.25) is 0 Å². The summed E-state index contributed by atoms with van der Waals surface area (Å²) in [5.74, 6) is 0.821. The van der Waals surface area contributed by atoms with E-state index in [1.54, 1.807) is 11.1 Å². The highest BCUT2D eigenvalue weighted by molar-refractivity contribution is 5.25. The van der Waals surface area contributed by atoms with Crippen LogP contribution in [0.3, 0.4) is 0 Å². The summed E-state index contributed by atoms with van der Waals surface area (Å²) >= 11 is 0. The average molecular weight is 193 g/mol. The van der Waals surface area contributed by atoms with Gasteiger partial charge in [0.05, 0.1) is 0 Å². The van der Waals surface area contributed by atoms with Crippen molar-refractivity contribution < 1.29 is 0 Å². The standard InChI is InChI=1S/C13H23N/c1-10(2)9-13-12-6-4-3-5-11(12)7-8-14-13/h10,13-14H,3-9H2,1-2H3. The van der Waals surface area contributed by atoms with Crippen molar-refractivity contribution in [3.8, 4) is 0 Å². The normalized spacial score (nSPS) is 28.1. The van der Waals surface area contributed by atoms with Gasteiger partial charge in [-0.1, -0.05) is 25.0 Å². The smallest absolute Gasteiger partial charge is 0.0284 e. The van der Waals surface area contributed by atoms with Crippen molar-refractivity contribution in [1.82, 2.24) is 5.32 Å². The van der Waals surface area contributed by atoms with E-state index in [2.05, 4.69) is 19.2 Å². The lowest BCUT2D eigenvalue weighted by Crippen LogP contribution is -2.38. The van der Waals surface area contributed by atoms with Crippen LogP contribution in [-0.2, 0) is 0 Å². The second-order valence-electron chi connectivity index (χ2n) is 5.22. The van der Waals surface area contributed by atoms with Crippen LogP contribution in [0.1, 0.15) is 52.4 Å². The van der Waals surface area contributed by atoms with E-state index in [0.29, 0.717) is 0 Å². The fourth-order valence-electron chi connectivity index (χ4n) is 2.91. The van der Waals surface area contributed by atoms with Crippen LogP contribution in [-0.4, -0.2) is 12.6 Å². The third-order valence-corrected chi connectivity index (χ3v) is 3.57. The fourth-order valence-corrected chi connectivity index (χ4v) is 2.91. The van der Waals surface area contributed by atoms with Crippen LogP contribution in [0.15, 0.2) is 11.1 Å². The zero-order valence-electron chi connectivity index (χ0n) is 9.60. The van der Waals surface area contributed by atoms with Crippen molar-refractivity contribution in [1.29, 1.82) is 0 Å². The molecule has 0 saturated carbocycles. The molecule has 1 heteroatoms. The van der Waals surface area contributed by atoms with Crippen molar-refractivity contribution in [2.45, 2.75) is 58.4 Å². The Morgan fingerprint density at radius 2 is 2.00 bits per heavy atom. The Balaban J connectivity index is 2.09. The van der Waals surface area contributed by atoms with Gasteiger partial charge in [-0.2, -0.15) is 0 Å². The van der Waals surface area contributed by atoms with Gasteiger partial charge in [0.25, 0.3) is 0 Å². The van der Waals surface area contributed by atoms with Gasteiger partial charge in [0, 0.05) is 6.04 Å². The number of rotatable bonds is 2. The summed E-state index contributed by atoms with van der Waals surface area (Å²) in [6.07, 6.45) is 8.29. The van der Waals surface area contributed by atoms with Gasteiger partial charge in [-0.05, 0) is 51.0 Å². The molecule has 0 saturated heterocycles. The molecule has 2 rings (SSSR count). The summed E-state index contributed by atoms with van der Waals surface area (Å²) in [7, 11) is 0. The van der Waals surface area contributed by atoms with Gasteiger partial charge in [-0.3, -0.25) is 0 Å². The first kappa shape index (κ1) is 10.2. The molecule has 0 bridgehead atoms. The Morgan fingerprint density at radius 1 is 1.21 bits per heavy atom. The van der Waals surface area contributed by atoms with E-state index in [1.807, 2.05) is 0 Å². The van der Waals surface area contributed by atoms with Gasteiger partial charge < -0.3 is 5.32 Å². The quantitative estimate of drug-likeness (QED) is 0.664. The highest BCUT2D eigenvalue weighted by atomic mass is 14.9. The molecule has 0 radical (unpaired) electrons. The maximum absolute atomic E-state index is 3.69. The molecule has 1 heterocycles. The number of hydrogen-bond donors (Lipinski definition) is 1. The fraction of sp³-hybridized carbons (Fsp3) is 0.846. The highest BCUT2D eigenvalue weighted by Crippen LogP contribution is 2.33. The third kappa shape index (κ3) is 2.20. The maximum Gasteiger partial charge on any atom is 0.0284 e. The van der Waals surface area contributed by atoms with Crippen LogP contribution < -0.4 is 5.32 Å². The minimum absolute atomic E-state index is 0.721. The van der Waals surface area contributed by atoms with Gasteiger partial charge in [-0.25, -0.2) is 0 Å². The zero-order chi connectivity index (χ0) is 9.97. The van der Waals surface area contributed by atoms with Crippen molar-refractivity contribution in [3.63, 3.8) is 0 Å². The van der Waals surface area contributed by atoms with Crippen LogP contribution in [0.25, 0.3) is 0 Å². The van der Waals surface area contributed by atoms with E-state index >= 15 is 0 Å². The van der Waals surface area contributed by atoms with Crippen molar-refractivity contribution in [3.05, 3.63) is 11.1 Å². The van der Waals surface area contributed by atoms with E-state index in [1.165, 1.54) is 45.1 Å². The zero-order valence-corrected chi connectivity index (χ0v) is 9.60. The Labute approximate surface area is 88.0 Å². The number of nitrogens with one attached hydrogen (secondary N) is 1. The summed E-state index contributed by atoms with van der Waals surface area (Å²) in [6.45, 7) is 5.88. The number of hydrogen-bond acceptors (Lipinski definition) is 1. The average Bonchev–Trinajstić information content (AvgIpc) is 2.18. The van der Waals surface area contributed by atoms with E-state index in [0.717, 1.165) is 12.0 Å². The first-order chi connectivity index (χ1) is 6.77. The Morgan fingerprint density at radius 3 is 2.79 bits per heavy atom. The lowest BCUT2D eigenvalue weighted by molar-refractivity contribution is 0.412. The minimum Gasteiger partial charge on any atom is -0.310 e. The van der Waals surface area contributed by atoms with Gasteiger partial charge in [-0.15, -0.1) is 0 Å². The van der Waals surface area contributed by atoms with Gasteiger partial charge in [0.15, 0.2) is 0 Å². The van der Waals surface area contributed by atoms with Crippen molar-refractivity contribution in [2.75, 3.05) is 6.54 Å². The van der Waals surface area contributed by atoms with Crippen molar-refractivity contribution >= 4 is 0 Å². The molecule has 0 spiro atoms. The molecule has 80 valence electrons. The molecular weight excluding hydrogens is 170 g/mol. The predicted octanol–water partition coefficient (Wildman–Crippen LogP) is 3.27. The molecule has 0 amide bonds. The Hall–Kier alpha value is -0.300. The van der Waals surface area contributed by atoms with Crippen LogP contribution in [0.5, 0.6) is 0 Å².